The molecule has 0 bridgehead atoms. The molecule has 1 aromatic carbocycles. The molecule has 4 nitrogen and oxygen atoms in total. The van der Waals surface area contributed by atoms with Gasteiger partial charge in [0, 0.05) is 13.0 Å². The average molecular weight is 339 g/mol. The van der Waals surface area contributed by atoms with Crippen LogP contribution in [0.2, 0.25) is 0 Å². The minimum absolute atomic E-state index is 0. The van der Waals surface area contributed by atoms with E-state index in [-0.39, 0.29) is 25.4 Å². The van der Waals surface area contributed by atoms with Gasteiger partial charge in [-0.1, -0.05) is 30.3 Å². The Morgan fingerprint density at radius 1 is 1.36 bits per heavy atom. The van der Waals surface area contributed by atoms with Crippen LogP contribution in [0, 0.1) is 0 Å². The van der Waals surface area contributed by atoms with Crippen LogP contribution >= 0.6 is 12.4 Å². The molecule has 0 saturated carbocycles. The zero-order chi connectivity index (χ0) is 15.7. The van der Waals surface area contributed by atoms with Crippen molar-refractivity contribution in [3.63, 3.8) is 0 Å². The summed E-state index contributed by atoms with van der Waals surface area (Å²) in [6, 6.07) is 8.09. The fourth-order valence-corrected chi connectivity index (χ4v) is 2.40. The minimum atomic E-state index is -4.74. The first kappa shape index (κ1) is 18.7. The Kier molecular flexibility index (Phi) is 5.83. The molecule has 1 aromatic rings. The Bertz CT molecular complexity index is 513. The third-order valence-corrected chi connectivity index (χ3v) is 3.70. The Labute approximate surface area is 132 Å². The molecule has 1 amide bonds. The maximum atomic E-state index is 12.7. The van der Waals surface area contributed by atoms with Crippen molar-refractivity contribution < 1.29 is 23.1 Å². The van der Waals surface area contributed by atoms with Crippen molar-refractivity contribution in [2.75, 3.05) is 13.1 Å². The molecule has 1 heterocycles. The van der Waals surface area contributed by atoms with E-state index >= 15 is 0 Å². The molecule has 3 N–H and O–H groups in total. The van der Waals surface area contributed by atoms with E-state index < -0.39 is 36.7 Å². The molecule has 0 aromatic heterocycles. The number of rotatable bonds is 3. The molecule has 124 valence electrons. The largest absolute Gasteiger partial charge is 0.419 e. The molecule has 1 fully saturated rings. The fourth-order valence-electron chi connectivity index (χ4n) is 2.40. The zero-order valence-electron chi connectivity index (χ0n) is 11.7. The monoisotopic (exact) mass is 338 g/mol. The summed E-state index contributed by atoms with van der Waals surface area (Å²) >= 11 is 0. The molecule has 1 aliphatic rings. The fraction of sp³-hybridized carbons (Fsp3) is 0.500. The number of amides is 1. The first-order valence-corrected chi connectivity index (χ1v) is 6.60. The van der Waals surface area contributed by atoms with E-state index in [9.17, 15) is 23.1 Å². The number of carbonyl (C=O) groups is 1. The molecule has 8 heteroatoms. The Balaban J connectivity index is 0.00000242. The summed E-state index contributed by atoms with van der Waals surface area (Å²) in [5.41, 5.74) is 3.79. The molecule has 0 radical (unpaired) electrons. The van der Waals surface area contributed by atoms with E-state index in [1.165, 1.54) is 0 Å². The number of nitrogens with two attached hydrogens (primary N) is 1. The predicted molar refractivity (Wildman–Crippen MR) is 77.6 cm³/mol. The van der Waals surface area contributed by atoms with Gasteiger partial charge in [-0.05, 0) is 12.0 Å². The van der Waals surface area contributed by atoms with Crippen molar-refractivity contribution in [1.82, 2.24) is 4.90 Å². The topological polar surface area (TPSA) is 66.6 Å². The highest BCUT2D eigenvalue weighted by atomic mass is 35.5. The third-order valence-electron chi connectivity index (χ3n) is 3.70. The lowest BCUT2D eigenvalue weighted by Gasteiger charge is -2.26. The number of alkyl halides is 3. The van der Waals surface area contributed by atoms with Crippen LogP contribution < -0.4 is 5.73 Å². The van der Waals surface area contributed by atoms with E-state index in [4.69, 9.17) is 5.73 Å². The quantitative estimate of drug-likeness (QED) is 0.878. The van der Waals surface area contributed by atoms with Gasteiger partial charge in [0.2, 0.25) is 5.91 Å². The highest BCUT2D eigenvalue weighted by Crippen LogP contribution is 2.37. The Morgan fingerprint density at radius 2 is 1.95 bits per heavy atom. The second-order valence-electron chi connectivity index (χ2n) is 5.34. The standard InChI is InChI=1S/C14H17F3N2O2.ClH/c15-14(16,17)13(21)6-7-19(9-13)12(20)11(18)8-10-4-2-1-3-5-10;/h1-5,11,21H,6-9,18H2;1H/t11-,13?;/m0./s1. The number of aliphatic hydroxyl groups is 1. The van der Waals surface area contributed by atoms with Crippen molar-refractivity contribution >= 4 is 18.3 Å². The number of carbonyl (C=O) groups excluding carboxylic acids is 1. The smallest absolute Gasteiger partial charge is 0.379 e. The SMILES string of the molecule is Cl.N[C@@H](Cc1ccccc1)C(=O)N1CCC(O)(C(F)(F)F)C1. The van der Waals surface area contributed by atoms with Crippen molar-refractivity contribution in [3.05, 3.63) is 35.9 Å². The van der Waals surface area contributed by atoms with Crippen molar-refractivity contribution in [3.8, 4) is 0 Å². The van der Waals surface area contributed by atoms with Crippen molar-refractivity contribution in [2.24, 2.45) is 5.73 Å². The van der Waals surface area contributed by atoms with Gasteiger partial charge >= 0.3 is 6.18 Å². The lowest BCUT2D eigenvalue weighted by molar-refractivity contribution is -0.253. The summed E-state index contributed by atoms with van der Waals surface area (Å²) in [6.45, 7) is -0.894. The van der Waals surface area contributed by atoms with Crippen LogP contribution in [0.4, 0.5) is 13.2 Å². The molecule has 22 heavy (non-hydrogen) atoms. The Morgan fingerprint density at radius 3 is 2.45 bits per heavy atom. The summed E-state index contributed by atoms with van der Waals surface area (Å²) in [5.74, 6) is -0.570. The van der Waals surface area contributed by atoms with Crippen LogP contribution in [-0.2, 0) is 11.2 Å². The maximum absolute atomic E-state index is 12.7. The highest BCUT2D eigenvalue weighted by Gasteiger charge is 2.57. The zero-order valence-corrected chi connectivity index (χ0v) is 12.5. The predicted octanol–water partition coefficient (Wildman–Crippen LogP) is 1.50. The summed E-state index contributed by atoms with van der Waals surface area (Å²) in [7, 11) is 0. The van der Waals surface area contributed by atoms with Gasteiger partial charge in [-0.25, -0.2) is 0 Å². The number of β-amino-alcohol motifs (C(OH)–C–C–N with tert-alkyl or cyclic N) is 1. The molecule has 0 aliphatic carbocycles. The number of likely N-dealkylation sites (tertiary alicyclic amines) is 1. The summed E-state index contributed by atoms with van der Waals surface area (Å²) in [6.07, 6.45) is -5.01. The van der Waals surface area contributed by atoms with E-state index in [1.54, 1.807) is 24.3 Å². The lowest BCUT2D eigenvalue weighted by atomic mass is 10.0. The van der Waals surface area contributed by atoms with Gasteiger partial charge in [0.25, 0.3) is 0 Å². The van der Waals surface area contributed by atoms with E-state index in [0.29, 0.717) is 0 Å². The third kappa shape index (κ3) is 3.91. The van der Waals surface area contributed by atoms with Crippen LogP contribution in [0.3, 0.4) is 0 Å². The van der Waals surface area contributed by atoms with E-state index in [1.807, 2.05) is 6.07 Å². The molecule has 2 rings (SSSR count). The number of hydrogen-bond donors (Lipinski definition) is 2. The van der Waals surface area contributed by atoms with Crippen LogP contribution in [0.15, 0.2) is 30.3 Å². The van der Waals surface area contributed by atoms with Gasteiger partial charge < -0.3 is 15.7 Å². The second-order valence-corrected chi connectivity index (χ2v) is 5.34. The van der Waals surface area contributed by atoms with Gasteiger partial charge in [0.05, 0.1) is 12.6 Å². The molecule has 1 aliphatic heterocycles. The van der Waals surface area contributed by atoms with Crippen LogP contribution in [0.1, 0.15) is 12.0 Å². The normalized spacial score (nSPS) is 23.0. The van der Waals surface area contributed by atoms with Gasteiger partial charge in [0.15, 0.2) is 5.60 Å². The average Bonchev–Trinajstić information content (AvgIpc) is 2.82. The Hall–Kier alpha value is -1.31. The van der Waals surface area contributed by atoms with Gasteiger partial charge in [-0.2, -0.15) is 13.2 Å². The molecular weight excluding hydrogens is 321 g/mol. The summed E-state index contributed by atoms with van der Waals surface area (Å²) in [4.78, 5) is 13.1. The molecule has 0 spiro atoms. The second kappa shape index (κ2) is 6.85. The number of nitrogens with zero attached hydrogens (tertiary/aromatic N) is 1. The number of benzene rings is 1. The molecule has 1 saturated heterocycles. The van der Waals surface area contributed by atoms with E-state index in [2.05, 4.69) is 0 Å². The first-order valence-electron chi connectivity index (χ1n) is 6.60. The van der Waals surface area contributed by atoms with Gasteiger partial charge in [-0.15, -0.1) is 12.4 Å². The minimum Gasteiger partial charge on any atom is -0.379 e. The van der Waals surface area contributed by atoms with Crippen LogP contribution in [0.25, 0.3) is 0 Å². The lowest BCUT2D eigenvalue weighted by Crippen LogP contribution is -2.50. The maximum Gasteiger partial charge on any atom is 0.419 e. The highest BCUT2D eigenvalue weighted by molar-refractivity contribution is 5.85. The van der Waals surface area contributed by atoms with Crippen LogP contribution in [-0.4, -0.2) is 46.8 Å². The molecular formula is C14H18ClF3N2O2. The number of hydrogen-bond acceptors (Lipinski definition) is 3. The molecule has 1 unspecified atom stereocenters. The van der Waals surface area contributed by atoms with E-state index in [0.717, 1.165) is 10.5 Å². The first-order chi connectivity index (χ1) is 9.73. The van der Waals surface area contributed by atoms with Crippen molar-refractivity contribution in [2.45, 2.75) is 30.7 Å². The molecule has 2 atom stereocenters. The van der Waals surface area contributed by atoms with Crippen LogP contribution in [0.5, 0.6) is 0 Å². The van der Waals surface area contributed by atoms with Gasteiger partial charge in [0.1, 0.15) is 0 Å². The summed E-state index contributed by atoms with van der Waals surface area (Å²) < 4.78 is 38.1. The summed E-state index contributed by atoms with van der Waals surface area (Å²) in [5, 5.41) is 9.56. The van der Waals surface area contributed by atoms with Gasteiger partial charge in [-0.3, -0.25) is 4.79 Å². The van der Waals surface area contributed by atoms with Crippen molar-refractivity contribution in [1.29, 1.82) is 0 Å². The number of halogens is 4.